The Kier molecular flexibility index (Phi) is 5.85. The van der Waals surface area contributed by atoms with Gasteiger partial charge in [0, 0.05) is 5.56 Å². The van der Waals surface area contributed by atoms with Gasteiger partial charge in [-0.2, -0.15) is 4.98 Å². The predicted octanol–water partition coefficient (Wildman–Crippen LogP) is 4.66. The Balaban J connectivity index is 1.44. The van der Waals surface area contributed by atoms with Gasteiger partial charge >= 0.3 is 0 Å². The summed E-state index contributed by atoms with van der Waals surface area (Å²) in [5.74, 6) is 1.12. The smallest absolute Gasteiger partial charge is 0.262 e. The van der Waals surface area contributed by atoms with E-state index >= 15 is 0 Å². The van der Waals surface area contributed by atoms with Crippen LogP contribution in [0.5, 0.6) is 5.75 Å². The molecule has 1 heterocycles. The number of amides is 1. The number of carbonyl (C=O) groups is 1. The van der Waals surface area contributed by atoms with Crippen LogP contribution in [0, 0.1) is 0 Å². The number of hydrogen-bond donors (Lipinski definition) is 1. The number of benzene rings is 3. The van der Waals surface area contributed by atoms with Crippen molar-refractivity contribution in [2.24, 2.45) is 0 Å². The third-order valence-corrected chi connectivity index (χ3v) is 4.61. The van der Waals surface area contributed by atoms with E-state index in [0.717, 1.165) is 11.1 Å². The Hall–Kier alpha value is -3.93. The first-order valence-corrected chi connectivity index (χ1v) is 9.66. The van der Waals surface area contributed by atoms with Crippen molar-refractivity contribution in [2.75, 3.05) is 6.61 Å². The highest BCUT2D eigenvalue weighted by molar-refractivity contribution is 5.78. The number of para-hydroxylation sites is 1. The predicted molar refractivity (Wildman–Crippen MR) is 114 cm³/mol. The maximum Gasteiger partial charge on any atom is 0.262 e. The molecule has 6 nitrogen and oxygen atoms in total. The molecule has 1 unspecified atom stereocenters. The molecule has 0 radical (unpaired) electrons. The van der Waals surface area contributed by atoms with Gasteiger partial charge < -0.3 is 14.6 Å². The monoisotopic (exact) mass is 399 g/mol. The van der Waals surface area contributed by atoms with Crippen molar-refractivity contribution >= 4 is 5.91 Å². The van der Waals surface area contributed by atoms with E-state index in [-0.39, 0.29) is 18.6 Å². The summed E-state index contributed by atoms with van der Waals surface area (Å²) in [5.41, 5.74) is 2.53. The molecule has 0 fully saturated rings. The van der Waals surface area contributed by atoms with Gasteiger partial charge in [0.25, 0.3) is 11.8 Å². The van der Waals surface area contributed by atoms with Crippen LogP contribution in [0.1, 0.15) is 18.5 Å². The molecule has 150 valence electrons. The number of ether oxygens (including phenoxy) is 1. The molecule has 1 atom stereocenters. The van der Waals surface area contributed by atoms with Crippen LogP contribution >= 0.6 is 0 Å². The van der Waals surface area contributed by atoms with E-state index in [1.54, 1.807) is 6.07 Å². The summed E-state index contributed by atoms with van der Waals surface area (Å²) < 4.78 is 11.2. The Morgan fingerprint density at radius 3 is 2.40 bits per heavy atom. The Morgan fingerprint density at radius 2 is 1.63 bits per heavy atom. The molecule has 1 amide bonds. The summed E-state index contributed by atoms with van der Waals surface area (Å²) in [7, 11) is 0. The van der Waals surface area contributed by atoms with Crippen LogP contribution in [0.15, 0.2) is 89.5 Å². The van der Waals surface area contributed by atoms with Crippen LogP contribution in [-0.4, -0.2) is 22.7 Å². The van der Waals surface area contributed by atoms with Crippen molar-refractivity contribution in [3.05, 3.63) is 90.5 Å². The van der Waals surface area contributed by atoms with E-state index in [1.807, 2.05) is 85.8 Å². The minimum absolute atomic E-state index is 0.109. The highest BCUT2D eigenvalue weighted by atomic mass is 16.5. The lowest BCUT2D eigenvalue weighted by Gasteiger charge is -2.15. The van der Waals surface area contributed by atoms with Gasteiger partial charge in [-0.1, -0.05) is 78.0 Å². The summed E-state index contributed by atoms with van der Waals surface area (Å²) in [6, 6.07) is 26.5. The standard InChI is InChI=1S/C24H21N3O3/c1-17(18-10-4-2-5-11-18)25-22(28)16-29-21-15-9-8-14-20(21)24-26-23(27-30-24)19-12-6-3-7-13-19/h2-15,17H,16H2,1H3,(H,25,28). The second-order valence-corrected chi connectivity index (χ2v) is 6.77. The van der Waals surface area contributed by atoms with E-state index in [4.69, 9.17) is 9.26 Å². The fraction of sp³-hybridized carbons (Fsp3) is 0.125. The van der Waals surface area contributed by atoms with Crippen molar-refractivity contribution in [1.82, 2.24) is 15.5 Å². The molecule has 3 aromatic carbocycles. The van der Waals surface area contributed by atoms with Gasteiger partial charge in [0.1, 0.15) is 5.75 Å². The highest BCUT2D eigenvalue weighted by Gasteiger charge is 2.16. The fourth-order valence-electron chi connectivity index (χ4n) is 3.06. The van der Waals surface area contributed by atoms with E-state index < -0.39 is 0 Å². The van der Waals surface area contributed by atoms with Crippen LogP contribution in [0.2, 0.25) is 0 Å². The van der Waals surface area contributed by atoms with Gasteiger partial charge in [0.05, 0.1) is 11.6 Å². The molecule has 0 spiro atoms. The second-order valence-electron chi connectivity index (χ2n) is 6.77. The minimum Gasteiger partial charge on any atom is -0.483 e. The Morgan fingerprint density at radius 1 is 0.967 bits per heavy atom. The zero-order valence-electron chi connectivity index (χ0n) is 16.5. The lowest BCUT2D eigenvalue weighted by molar-refractivity contribution is -0.123. The van der Waals surface area contributed by atoms with Crippen LogP contribution in [-0.2, 0) is 4.79 Å². The maximum atomic E-state index is 12.3. The molecule has 1 N–H and O–H groups in total. The number of nitrogens with one attached hydrogen (secondary N) is 1. The molecule has 0 saturated carbocycles. The number of aromatic nitrogens is 2. The molecule has 1 aromatic heterocycles. The molecular formula is C24H21N3O3. The first-order valence-electron chi connectivity index (χ1n) is 9.66. The van der Waals surface area contributed by atoms with Crippen molar-refractivity contribution in [1.29, 1.82) is 0 Å². The number of nitrogens with zero attached hydrogens (tertiary/aromatic N) is 2. The SMILES string of the molecule is CC(NC(=O)COc1ccccc1-c1nc(-c2ccccc2)no1)c1ccccc1. The van der Waals surface area contributed by atoms with E-state index in [1.165, 1.54) is 0 Å². The highest BCUT2D eigenvalue weighted by Crippen LogP contribution is 2.30. The van der Waals surface area contributed by atoms with Gasteiger partial charge in [0.2, 0.25) is 5.82 Å². The summed E-state index contributed by atoms with van der Waals surface area (Å²) in [4.78, 5) is 16.8. The summed E-state index contributed by atoms with van der Waals surface area (Å²) in [6.07, 6.45) is 0. The molecule has 0 bridgehead atoms. The first-order chi connectivity index (χ1) is 14.7. The van der Waals surface area contributed by atoms with Crippen molar-refractivity contribution in [3.63, 3.8) is 0 Å². The third kappa shape index (κ3) is 4.55. The van der Waals surface area contributed by atoms with Gasteiger partial charge in [-0.25, -0.2) is 0 Å². The Labute approximate surface area is 174 Å². The van der Waals surface area contributed by atoms with Crippen LogP contribution < -0.4 is 10.1 Å². The molecule has 4 aromatic rings. The van der Waals surface area contributed by atoms with Crippen LogP contribution in [0.4, 0.5) is 0 Å². The van der Waals surface area contributed by atoms with Crippen LogP contribution in [0.25, 0.3) is 22.8 Å². The average molecular weight is 399 g/mol. The van der Waals surface area contributed by atoms with Gasteiger partial charge in [-0.15, -0.1) is 0 Å². The molecule has 0 aliphatic heterocycles. The van der Waals surface area contributed by atoms with Gasteiger partial charge in [-0.3, -0.25) is 4.79 Å². The van der Waals surface area contributed by atoms with Crippen molar-refractivity contribution < 1.29 is 14.1 Å². The van der Waals surface area contributed by atoms with E-state index in [0.29, 0.717) is 23.0 Å². The molecule has 4 rings (SSSR count). The summed E-state index contributed by atoms with van der Waals surface area (Å²) in [5, 5.41) is 6.99. The topological polar surface area (TPSA) is 77.2 Å². The molecule has 0 aliphatic rings. The molecular weight excluding hydrogens is 378 g/mol. The van der Waals surface area contributed by atoms with E-state index in [2.05, 4.69) is 15.5 Å². The average Bonchev–Trinajstić information content (AvgIpc) is 3.29. The number of rotatable bonds is 7. The molecule has 30 heavy (non-hydrogen) atoms. The fourth-order valence-corrected chi connectivity index (χ4v) is 3.06. The third-order valence-electron chi connectivity index (χ3n) is 4.61. The summed E-state index contributed by atoms with van der Waals surface area (Å²) in [6.45, 7) is 1.82. The molecule has 0 aliphatic carbocycles. The van der Waals surface area contributed by atoms with Crippen molar-refractivity contribution in [2.45, 2.75) is 13.0 Å². The zero-order valence-corrected chi connectivity index (χ0v) is 16.5. The maximum absolute atomic E-state index is 12.3. The normalized spacial score (nSPS) is 11.6. The molecule has 0 saturated heterocycles. The van der Waals surface area contributed by atoms with E-state index in [9.17, 15) is 4.79 Å². The quantitative estimate of drug-likeness (QED) is 0.489. The zero-order chi connectivity index (χ0) is 20.8. The molecule has 6 heteroatoms. The lowest BCUT2D eigenvalue weighted by atomic mass is 10.1. The number of hydrogen-bond acceptors (Lipinski definition) is 5. The van der Waals surface area contributed by atoms with Crippen molar-refractivity contribution in [3.8, 4) is 28.6 Å². The lowest BCUT2D eigenvalue weighted by Crippen LogP contribution is -2.31. The van der Waals surface area contributed by atoms with Gasteiger partial charge in [0.15, 0.2) is 6.61 Å². The van der Waals surface area contributed by atoms with Crippen LogP contribution in [0.3, 0.4) is 0 Å². The summed E-state index contributed by atoms with van der Waals surface area (Å²) >= 11 is 0. The number of carbonyl (C=O) groups excluding carboxylic acids is 1. The largest absolute Gasteiger partial charge is 0.483 e. The minimum atomic E-state index is -0.211. The Bertz CT molecular complexity index is 1110. The first kappa shape index (κ1) is 19.4. The van der Waals surface area contributed by atoms with Gasteiger partial charge in [-0.05, 0) is 24.6 Å². The second kappa shape index (κ2) is 9.05.